The summed E-state index contributed by atoms with van der Waals surface area (Å²) < 4.78 is 42.4. The second-order valence-electron chi connectivity index (χ2n) is 8.49. The van der Waals surface area contributed by atoms with E-state index >= 15 is 0 Å². The maximum atomic E-state index is 13.7. The molecule has 0 saturated heterocycles. The van der Waals surface area contributed by atoms with Crippen LogP contribution in [-0.4, -0.2) is 18.0 Å². The number of hydrogen-bond donors (Lipinski definition) is 0. The zero-order valence-electron chi connectivity index (χ0n) is 18.6. The van der Waals surface area contributed by atoms with Gasteiger partial charge in [0, 0.05) is 21.1 Å². The van der Waals surface area contributed by atoms with Gasteiger partial charge in [0.15, 0.2) is 0 Å². The Bertz CT molecular complexity index is 1520. The Kier molecular flexibility index (Phi) is 7.24. The third-order valence-electron chi connectivity index (χ3n) is 5.73. The Hall–Kier alpha value is -2.09. The van der Waals surface area contributed by atoms with E-state index < -0.39 is 26.8 Å². The van der Waals surface area contributed by atoms with Gasteiger partial charge in [0.2, 0.25) is 15.0 Å². The summed E-state index contributed by atoms with van der Waals surface area (Å²) in [7, 11) is -4.01. The van der Waals surface area contributed by atoms with Gasteiger partial charge < -0.3 is 0 Å². The molecule has 0 saturated carbocycles. The molecule has 0 fully saturated rings. The van der Waals surface area contributed by atoms with Crippen molar-refractivity contribution in [3.8, 4) is 5.69 Å². The van der Waals surface area contributed by atoms with Crippen molar-refractivity contribution in [1.29, 1.82) is 0 Å². The third-order valence-corrected chi connectivity index (χ3v) is 8.61. The molecule has 0 bridgehead atoms. The molecule has 4 aromatic rings. The van der Waals surface area contributed by atoms with E-state index in [4.69, 9.17) is 46.4 Å². The van der Waals surface area contributed by atoms with Gasteiger partial charge in [-0.2, -0.15) is 0 Å². The van der Waals surface area contributed by atoms with E-state index in [0.29, 0.717) is 32.0 Å². The highest BCUT2D eigenvalue weighted by atomic mass is 35.5. The normalized spacial score (nSPS) is 12.2. The van der Waals surface area contributed by atoms with E-state index in [1.165, 1.54) is 41.1 Å². The molecule has 0 atom stereocenters. The fourth-order valence-corrected chi connectivity index (χ4v) is 6.02. The third kappa shape index (κ3) is 5.23. The van der Waals surface area contributed by atoms with Crippen molar-refractivity contribution < 1.29 is 12.8 Å². The highest BCUT2D eigenvalue weighted by Gasteiger charge is 2.33. The molecule has 0 unspecified atom stereocenters. The first-order valence-corrected chi connectivity index (χ1v) is 13.5. The monoisotopic (exact) mass is 570 g/mol. The molecule has 1 heterocycles. The largest absolute Gasteiger partial charge is 0.287 e. The Morgan fingerprint density at radius 1 is 0.886 bits per heavy atom. The molecule has 0 spiro atoms. The van der Waals surface area contributed by atoms with Gasteiger partial charge in [0.1, 0.15) is 5.82 Å². The number of nitrogens with zero attached hydrogens (tertiary/aromatic N) is 2. The molecule has 3 aromatic carbocycles. The number of rotatable bonds is 6. The second kappa shape index (κ2) is 9.75. The van der Waals surface area contributed by atoms with Crippen LogP contribution >= 0.6 is 46.4 Å². The van der Waals surface area contributed by atoms with Crippen LogP contribution in [0.25, 0.3) is 5.69 Å². The quantitative estimate of drug-likeness (QED) is 0.236. The molecule has 4 rings (SSSR count). The summed E-state index contributed by atoms with van der Waals surface area (Å²) in [5, 5.41) is 1.20. The zero-order chi connectivity index (χ0) is 25.5. The Balaban J connectivity index is 1.91. The highest BCUT2D eigenvalue weighted by Crippen LogP contribution is 2.38. The van der Waals surface area contributed by atoms with Crippen molar-refractivity contribution in [2.24, 2.45) is 0 Å². The van der Waals surface area contributed by atoms with E-state index in [0.717, 1.165) is 5.56 Å². The van der Waals surface area contributed by atoms with Gasteiger partial charge in [-0.25, -0.2) is 17.8 Å². The van der Waals surface area contributed by atoms with Crippen LogP contribution in [0.5, 0.6) is 0 Å². The number of hydrogen-bond acceptors (Lipinski definition) is 3. The molecule has 0 aliphatic carbocycles. The van der Waals surface area contributed by atoms with E-state index in [-0.39, 0.29) is 10.2 Å². The fourth-order valence-electron chi connectivity index (χ4n) is 3.79. The SMILES string of the molecule is CC(C)(c1ccc(Cl)c(Cl)c1)c1cnc(S(=O)(=O)Cc2cc(Cl)ccc2Cl)n1-c1ccc(F)cc1. The van der Waals surface area contributed by atoms with Crippen molar-refractivity contribution in [2.75, 3.05) is 0 Å². The predicted octanol–water partition coefficient (Wildman–Crippen LogP) is 7.92. The lowest BCUT2D eigenvalue weighted by Crippen LogP contribution is -2.24. The minimum absolute atomic E-state index is 0.205. The zero-order valence-corrected chi connectivity index (χ0v) is 22.4. The van der Waals surface area contributed by atoms with Gasteiger partial charge in [-0.3, -0.25) is 4.57 Å². The van der Waals surface area contributed by atoms with Gasteiger partial charge in [0.25, 0.3) is 0 Å². The summed E-state index contributed by atoms with van der Waals surface area (Å²) in [6.45, 7) is 3.82. The lowest BCUT2D eigenvalue weighted by Gasteiger charge is -2.28. The van der Waals surface area contributed by atoms with Gasteiger partial charge in [-0.15, -0.1) is 0 Å². The first-order valence-electron chi connectivity index (χ1n) is 10.4. The minimum atomic E-state index is -4.01. The molecule has 35 heavy (non-hydrogen) atoms. The molecule has 4 nitrogen and oxygen atoms in total. The van der Waals surface area contributed by atoms with Crippen LogP contribution in [0.15, 0.2) is 72.0 Å². The summed E-state index contributed by atoms with van der Waals surface area (Å²) in [5.74, 6) is -0.869. The summed E-state index contributed by atoms with van der Waals surface area (Å²) in [6, 6.07) is 15.4. The van der Waals surface area contributed by atoms with Crippen molar-refractivity contribution >= 4 is 56.2 Å². The van der Waals surface area contributed by atoms with Crippen LogP contribution in [-0.2, 0) is 21.0 Å². The van der Waals surface area contributed by atoms with Crippen molar-refractivity contribution in [3.05, 3.63) is 110 Å². The molecule has 0 aliphatic rings. The van der Waals surface area contributed by atoms with Crippen molar-refractivity contribution in [2.45, 2.75) is 30.2 Å². The molecule has 0 radical (unpaired) electrons. The standard InChI is InChI=1S/C25H19Cl4FN2O2S/c1-25(2,16-3-9-21(28)22(29)12-16)23-13-31-24(32(23)19-7-5-18(30)6-8-19)35(33,34)14-15-11-17(26)4-10-20(15)27/h3-13H,14H2,1-2H3. The number of imidazole rings is 1. The molecule has 0 amide bonds. The van der Waals surface area contributed by atoms with E-state index in [1.807, 2.05) is 19.9 Å². The fraction of sp³-hybridized carbons (Fsp3) is 0.160. The molecular weight excluding hydrogens is 553 g/mol. The lowest BCUT2D eigenvalue weighted by molar-refractivity contribution is 0.567. The van der Waals surface area contributed by atoms with Crippen LogP contribution < -0.4 is 0 Å². The average molecular weight is 572 g/mol. The molecule has 0 aliphatic heterocycles. The first-order chi connectivity index (χ1) is 16.4. The van der Waals surface area contributed by atoms with Crippen LogP contribution in [0.4, 0.5) is 4.39 Å². The van der Waals surface area contributed by atoms with Crippen molar-refractivity contribution in [3.63, 3.8) is 0 Å². The number of aromatic nitrogens is 2. The first kappa shape index (κ1) is 26.0. The number of sulfone groups is 1. The van der Waals surface area contributed by atoms with E-state index in [9.17, 15) is 12.8 Å². The van der Waals surface area contributed by atoms with Gasteiger partial charge >= 0.3 is 0 Å². The van der Waals surface area contributed by atoms with Crippen LogP contribution in [0.1, 0.15) is 30.7 Å². The van der Waals surface area contributed by atoms with Gasteiger partial charge in [0.05, 0.1) is 27.7 Å². The maximum Gasteiger partial charge on any atom is 0.232 e. The summed E-state index contributed by atoms with van der Waals surface area (Å²) in [5.41, 5.74) is 1.37. The smallest absolute Gasteiger partial charge is 0.232 e. The molecule has 10 heteroatoms. The summed E-state index contributed by atoms with van der Waals surface area (Å²) in [6.07, 6.45) is 1.50. The Morgan fingerprint density at radius 3 is 2.20 bits per heavy atom. The van der Waals surface area contributed by atoms with Crippen molar-refractivity contribution in [1.82, 2.24) is 9.55 Å². The maximum absolute atomic E-state index is 13.7. The second-order valence-corrected chi connectivity index (χ2v) is 12.0. The predicted molar refractivity (Wildman–Crippen MR) is 139 cm³/mol. The number of halogens is 5. The van der Waals surface area contributed by atoms with Crippen LogP contribution in [0.2, 0.25) is 20.1 Å². The van der Waals surface area contributed by atoms with E-state index in [1.54, 1.807) is 24.3 Å². The number of benzene rings is 3. The molecular formula is C25H19Cl4FN2O2S. The van der Waals surface area contributed by atoms with Crippen LogP contribution in [0, 0.1) is 5.82 Å². The Labute approximate surface area is 223 Å². The average Bonchev–Trinajstić information content (AvgIpc) is 3.25. The van der Waals surface area contributed by atoms with E-state index in [2.05, 4.69) is 4.98 Å². The molecule has 182 valence electrons. The van der Waals surface area contributed by atoms with Gasteiger partial charge in [-0.05, 0) is 65.7 Å². The minimum Gasteiger partial charge on any atom is -0.287 e. The highest BCUT2D eigenvalue weighted by molar-refractivity contribution is 7.90. The topological polar surface area (TPSA) is 52.0 Å². The Morgan fingerprint density at radius 2 is 1.54 bits per heavy atom. The summed E-state index contributed by atoms with van der Waals surface area (Å²) >= 11 is 24.7. The van der Waals surface area contributed by atoms with Gasteiger partial charge in [-0.1, -0.05) is 66.3 Å². The van der Waals surface area contributed by atoms with Crippen LogP contribution in [0.3, 0.4) is 0 Å². The summed E-state index contributed by atoms with van der Waals surface area (Å²) in [4.78, 5) is 4.31. The molecule has 0 N–H and O–H groups in total. The molecule has 1 aromatic heterocycles. The lowest BCUT2D eigenvalue weighted by atomic mass is 9.81.